The van der Waals surface area contributed by atoms with Gasteiger partial charge in [-0.05, 0) is 57.3 Å². The molecule has 3 aromatic heterocycles. The van der Waals surface area contributed by atoms with Crippen LogP contribution in [0.4, 0.5) is 16.8 Å². The third-order valence-corrected chi connectivity index (χ3v) is 6.27. The molecule has 2 aliphatic heterocycles. The molecular formula is C21H28N6O2S. The SMILES string of the molecule is C1CCNC1.Cc1cc(Nc2cc3nc(N4CCC(O)CC4)sc3cn2)[nH]c(=O)c1. The Morgan fingerprint density at radius 1 is 1.20 bits per heavy atom. The van der Waals surface area contributed by atoms with Gasteiger partial charge in [0.15, 0.2) is 5.13 Å². The van der Waals surface area contributed by atoms with Crippen molar-refractivity contribution in [1.82, 2.24) is 20.3 Å². The Morgan fingerprint density at radius 3 is 2.63 bits per heavy atom. The number of fused-ring (bicyclic) bond motifs is 1. The monoisotopic (exact) mass is 428 g/mol. The van der Waals surface area contributed by atoms with E-state index in [0.29, 0.717) is 11.6 Å². The van der Waals surface area contributed by atoms with Crippen molar-refractivity contribution in [3.63, 3.8) is 0 Å². The van der Waals surface area contributed by atoms with Crippen LogP contribution in [0.2, 0.25) is 0 Å². The van der Waals surface area contributed by atoms with Crippen molar-refractivity contribution in [1.29, 1.82) is 0 Å². The van der Waals surface area contributed by atoms with E-state index in [9.17, 15) is 9.90 Å². The molecule has 2 fully saturated rings. The molecular weight excluding hydrogens is 400 g/mol. The molecule has 160 valence electrons. The predicted molar refractivity (Wildman–Crippen MR) is 122 cm³/mol. The van der Waals surface area contributed by atoms with Crippen LogP contribution in [0, 0.1) is 6.92 Å². The Hall–Kier alpha value is -2.49. The van der Waals surface area contributed by atoms with Crippen LogP contribution in [-0.4, -0.2) is 52.3 Å². The van der Waals surface area contributed by atoms with Gasteiger partial charge in [-0.1, -0.05) is 11.3 Å². The fraction of sp³-hybridized carbons (Fsp3) is 0.476. The van der Waals surface area contributed by atoms with E-state index in [-0.39, 0.29) is 11.7 Å². The van der Waals surface area contributed by atoms with Crippen LogP contribution < -0.4 is 21.1 Å². The fourth-order valence-corrected chi connectivity index (χ4v) is 4.56. The number of aromatic amines is 1. The molecule has 0 aliphatic carbocycles. The zero-order valence-electron chi connectivity index (χ0n) is 17.1. The van der Waals surface area contributed by atoms with Crippen LogP contribution in [-0.2, 0) is 0 Å². The molecule has 9 heteroatoms. The molecule has 4 N–H and O–H groups in total. The molecule has 0 amide bonds. The molecule has 3 aromatic rings. The number of aliphatic hydroxyl groups is 1. The lowest BCUT2D eigenvalue weighted by atomic mass is 10.1. The van der Waals surface area contributed by atoms with E-state index in [1.807, 2.05) is 19.1 Å². The second-order valence-corrected chi connectivity index (χ2v) is 8.78. The maximum Gasteiger partial charge on any atom is 0.249 e. The number of hydrogen-bond donors (Lipinski definition) is 4. The lowest BCUT2D eigenvalue weighted by molar-refractivity contribution is 0.145. The minimum Gasteiger partial charge on any atom is -0.393 e. The van der Waals surface area contributed by atoms with Gasteiger partial charge in [0.25, 0.3) is 0 Å². The van der Waals surface area contributed by atoms with Crippen LogP contribution >= 0.6 is 11.3 Å². The van der Waals surface area contributed by atoms with Gasteiger partial charge in [0.05, 0.1) is 16.3 Å². The van der Waals surface area contributed by atoms with Crippen LogP contribution in [0.1, 0.15) is 31.2 Å². The first kappa shape index (κ1) is 20.8. The summed E-state index contributed by atoms with van der Waals surface area (Å²) in [5.74, 6) is 1.25. The van der Waals surface area contributed by atoms with Crippen LogP contribution in [0.25, 0.3) is 10.2 Å². The average molecular weight is 429 g/mol. The molecule has 30 heavy (non-hydrogen) atoms. The maximum atomic E-state index is 11.6. The smallest absolute Gasteiger partial charge is 0.249 e. The number of aliphatic hydroxyl groups excluding tert-OH is 1. The summed E-state index contributed by atoms with van der Waals surface area (Å²) in [6, 6.07) is 5.29. The van der Waals surface area contributed by atoms with E-state index in [1.165, 1.54) is 25.9 Å². The van der Waals surface area contributed by atoms with Gasteiger partial charge >= 0.3 is 0 Å². The lowest BCUT2D eigenvalue weighted by Crippen LogP contribution is -2.35. The second kappa shape index (κ2) is 9.55. The summed E-state index contributed by atoms with van der Waals surface area (Å²) in [7, 11) is 0. The van der Waals surface area contributed by atoms with Crippen molar-refractivity contribution in [3.05, 3.63) is 40.3 Å². The Balaban J connectivity index is 0.000000383. The van der Waals surface area contributed by atoms with E-state index in [0.717, 1.165) is 46.8 Å². The van der Waals surface area contributed by atoms with Crippen molar-refractivity contribution in [2.24, 2.45) is 0 Å². The van der Waals surface area contributed by atoms with E-state index >= 15 is 0 Å². The molecule has 0 radical (unpaired) electrons. The summed E-state index contributed by atoms with van der Waals surface area (Å²) >= 11 is 1.61. The molecule has 8 nitrogen and oxygen atoms in total. The second-order valence-electron chi connectivity index (χ2n) is 7.77. The molecule has 5 heterocycles. The summed E-state index contributed by atoms with van der Waals surface area (Å²) in [6.45, 7) is 6.02. The van der Waals surface area contributed by atoms with Crippen LogP contribution in [0.15, 0.2) is 29.2 Å². The normalized spacial score (nSPS) is 17.1. The number of thiazole rings is 1. The maximum absolute atomic E-state index is 11.6. The molecule has 0 spiro atoms. The van der Waals surface area contributed by atoms with Crippen LogP contribution in [0.5, 0.6) is 0 Å². The van der Waals surface area contributed by atoms with Gasteiger partial charge in [-0.2, -0.15) is 0 Å². The van der Waals surface area contributed by atoms with Gasteiger partial charge in [0.1, 0.15) is 11.6 Å². The number of aryl methyl sites for hydroxylation is 1. The Bertz CT molecular complexity index is 1030. The molecule has 2 aliphatic rings. The highest BCUT2D eigenvalue weighted by atomic mass is 32.1. The quantitative estimate of drug-likeness (QED) is 0.508. The minimum absolute atomic E-state index is 0.146. The summed E-state index contributed by atoms with van der Waals surface area (Å²) in [5, 5.41) is 17.0. The minimum atomic E-state index is -0.195. The molecule has 2 saturated heterocycles. The van der Waals surface area contributed by atoms with E-state index in [2.05, 4.69) is 25.5 Å². The number of pyridine rings is 2. The fourth-order valence-electron chi connectivity index (χ4n) is 3.59. The van der Waals surface area contributed by atoms with Gasteiger partial charge in [-0.3, -0.25) is 4.79 Å². The number of aromatic nitrogens is 3. The van der Waals surface area contributed by atoms with Crippen LogP contribution in [0.3, 0.4) is 0 Å². The molecule has 0 atom stereocenters. The van der Waals surface area contributed by atoms with E-state index < -0.39 is 0 Å². The van der Waals surface area contributed by atoms with E-state index in [1.54, 1.807) is 23.6 Å². The standard InChI is InChI=1S/C17H19N5O2S.C4H9N/c1-10-6-15(21-16(24)7-10)20-14-8-12-13(9-18-14)25-17(19-12)22-4-2-11(23)3-5-22;1-2-4-5-3-1/h6-9,11,23H,2-5H2,1H3,(H2,18,20,21,24);5H,1-4H2. The number of nitrogens with one attached hydrogen (secondary N) is 3. The Labute approximate surface area is 179 Å². The Morgan fingerprint density at radius 2 is 1.97 bits per heavy atom. The zero-order valence-corrected chi connectivity index (χ0v) is 18.0. The van der Waals surface area contributed by atoms with Crippen molar-refractivity contribution < 1.29 is 5.11 Å². The van der Waals surface area contributed by atoms with Crippen molar-refractivity contribution in [2.75, 3.05) is 36.4 Å². The molecule has 0 saturated carbocycles. The molecule has 0 bridgehead atoms. The third-order valence-electron chi connectivity index (χ3n) is 5.21. The van der Waals surface area contributed by atoms with E-state index in [4.69, 9.17) is 4.98 Å². The number of rotatable bonds is 3. The first-order valence-corrected chi connectivity index (χ1v) is 11.3. The molecule has 0 unspecified atom stereocenters. The van der Waals surface area contributed by atoms with Gasteiger partial charge in [-0.25, -0.2) is 9.97 Å². The Kier molecular flexibility index (Phi) is 6.61. The largest absolute Gasteiger partial charge is 0.393 e. The predicted octanol–water partition coefficient (Wildman–Crippen LogP) is 2.76. The van der Waals surface area contributed by atoms with Gasteiger partial charge in [0.2, 0.25) is 5.56 Å². The van der Waals surface area contributed by atoms with Crippen molar-refractivity contribution in [3.8, 4) is 0 Å². The first-order chi connectivity index (χ1) is 14.6. The lowest BCUT2D eigenvalue weighted by Gasteiger charge is -2.28. The highest BCUT2D eigenvalue weighted by Crippen LogP contribution is 2.31. The summed E-state index contributed by atoms with van der Waals surface area (Å²) < 4.78 is 1.02. The number of hydrogen-bond acceptors (Lipinski definition) is 8. The highest BCUT2D eigenvalue weighted by molar-refractivity contribution is 7.22. The first-order valence-electron chi connectivity index (χ1n) is 10.4. The zero-order chi connectivity index (χ0) is 20.9. The number of piperidine rings is 1. The van der Waals surface area contributed by atoms with Gasteiger partial charge in [0, 0.05) is 31.4 Å². The van der Waals surface area contributed by atoms with Gasteiger partial charge in [-0.15, -0.1) is 0 Å². The summed E-state index contributed by atoms with van der Waals surface area (Å²) in [4.78, 5) is 25.6. The topological polar surface area (TPSA) is 106 Å². The average Bonchev–Trinajstić information content (AvgIpc) is 3.41. The third kappa shape index (κ3) is 5.35. The number of H-pyrrole nitrogens is 1. The van der Waals surface area contributed by atoms with Crippen molar-refractivity contribution >= 4 is 38.3 Å². The number of anilines is 3. The highest BCUT2D eigenvalue weighted by Gasteiger charge is 2.20. The number of nitrogens with zero attached hydrogens (tertiary/aromatic N) is 3. The summed E-state index contributed by atoms with van der Waals surface area (Å²) in [6.07, 6.45) is 5.94. The van der Waals surface area contributed by atoms with Gasteiger partial charge < -0.3 is 25.6 Å². The molecule has 5 rings (SSSR count). The van der Waals surface area contributed by atoms with Crippen molar-refractivity contribution in [2.45, 2.75) is 38.7 Å². The summed E-state index contributed by atoms with van der Waals surface area (Å²) in [5.41, 5.74) is 1.61. The molecule has 0 aromatic carbocycles.